The number of halogens is 2. The minimum Gasteiger partial charge on any atom is -0.384 e. The third kappa shape index (κ3) is 2.34. The van der Waals surface area contributed by atoms with Crippen molar-refractivity contribution in [1.82, 2.24) is 4.98 Å². The number of aromatic nitrogens is 1. The van der Waals surface area contributed by atoms with Crippen LogP contribution in [0.5, 0.6) is 0 Å². The number of hydrogen-bond donors (Lipinski definition) is 1. The summed E-state index contributed by atoms with van der Waals surface area (Å²) in [7, 11) is 0. The molecule has 0 fully saturated rings. The van der Waals surface area contributed by atoms with Gasteiger partial charge in [-0.15, -0.1) is 0 Å². The lowest BCUT2D eigenvalue weighted by Gasteiger charge is -2.02. The molecule has 0 saturated carbocycles. The summed E-state index contributed by atoms with van der Waals surface area (Å²) >= 11 is 8.98. The van der Waals surface area contributed by atoms with Crippen molar-refractivity contribution in [2.45, 2.75) is 6.92 Å². The Morgan fingerprint density at radius 3 is 3.00 bits per heavy atom. The Bertz CT molecular complexity index is 252. The highest BCUT2D eigenvalue weighted by molar-refractivity contribution is 9.10. The molecule has 0 saturated heterocycles. The number of nitrogens with one attached hydrogen (secondary N) is 1. The lowest BCUT2D eigenvalue weighted by atomic mass is 10.4. The molecule has 1 N–H and O–H groups in total. The van der Waals surface area contributed by atoms with Gasteiger partial charge in [0.25, 0.3) is 0 Å². The van der Waals surface area contributed by atoms with Crippen LogP contribution in [0.4, 0.5) is 5.69 Å². The highest BCUT2D eigenvalue weighted by Crippen LogP contribution is 2.22. The van der Waals surface area contributed by atoms with Crippen LogP contribution >= 0.6 is 27.5 Å². The first-order chi connectivity index (χ1) is 5.24. The SMILES string of the molecule is CCNc1cnc(Cl)c(Br)c1. The molecule has 1 rings (SSSR count). The number of rotatable bonds is 2. The second kappa shape index (κ2) is 3.93. The van der Waals surface area contributed by atoms with Crippen molar-refractivity contribution >= 4 is 33.2 Å². The highest BCUT2D eigenvalue weighted by atomic mass is 79.9. The van der Waals surface area contributed by atoms with Gasteiger partial charge in [-0.2, -0.15) is 0 Å². The molecule has 0 spiro atoms. The van der Waals surface area contributed by atoms with E-state index in [2.05, 4.69) is 26.2 Å². The maximum Gasteiger partial charge on any atom is 0.143 e. The zero-order valence-electron chi connectivity index (χ0n) is 6.06. The Balaban J connectivity index is 2.86. The summed E-state index contributed by atoms with van der Waals surface area (Å²) in [6, 6.07) is 1.90. The van der Waals surface area contributed by atoms with E-state index in [1.165, 1.54) is 0 Å². The van der Waals surface area contributed by atoms with Crippen LogP contribution in [0.25, 0.3) is 0 Å². The van der Waals surface area contributed by atoms with Gasteiger partial charge < -0.3 is 5.32 Å². The van der Waals surface area contributed by atoms with E-state index in [4.69, 9.17) is 11.6 Å². The Hall–Kier alpha value is -0.280. The van der Waals surface area contributed by atoms with Crippen LogP contribution < -0.4 is 5.32 Å². The van der Waals surface area contributed by atoms with Crippen molar-refractivity contribution in [3.63, 3.8) is 0 Å². The molecule has 1 aromatic rings. The quantitative estimate of drug-likeness (QED) is 0.797. The van der Waals surface area contributed by atoms with Crippen molar-refractivity contribution in [2.24, 2.45) is 0 Å². The minimum absolute atomic E-state index is 0.492. The van der Waals surface area contributed by atoms with Crippen molar-refractivity contribution in [3.05, 3.63) is 21.9 Å². The molecule has 2 nitrogen and oxygen atoms in total. The highest BCUT2D eigenvalue weighted by Gasteiger charge is 1.97. The summed E-state index contributed by atoms with van der Waals surface area (Å²) in [4.78, 5) is 3.95. The predicted molar refractivity (Wildman–Crippen MR) is 51.1 cm³/mol. The molecule has 11 heavy (non-hydrogen) atoms. The average Bonchev–Trinajstić information content (AvgIpc) is 1.98. The first-order valence-electron chi connectivity index (χ1n) is 3.29. The van der Waals surface area contributed by atoms with Crippen LogP contribution in [-0.2, 0) is 0 Å². The van der Waals surface area contributed by atoms with Gasteiger partial charge in [-0.25, -0.2) is 4.98 Å². The normalized spacial score (nSPS) is 9.73. The molecule has 0 aromatic carbocycles. The van der Waals surface area contributed by atoms with E-state index in [9.17, 15) is 0 Å². The fourth-order valence-corrected chi connectivity index (χ4v) is 1.17. The number of anilines is 1. The maximum absolute atomic E-state index is 5.70. The van der Waals surface area contributed by atoms with Gasteiger partial charge in [0.15, 0.2) is 0 Å². The zero-order valence-corrected chi connectivity index (χ0v) is 8.41. The van der Waals surface area contributed by atoms with Crippen LogP contribution in [0.1, 0.15) is 6.92 Å². The summed E-state index contributed by atoms with van der Waals surface area (Å²) in [6.45, 7) is 2.91. The molecule has 0 amide bonds. The number of nitrogens with zero attached hydrogens (tertiary/aromatic N) is 1. The molecule has 1 heterocycles. The van der Waals surface area contributed by atoms with E-state index in [1.54, 1.807) is 6.20 Å². The average molecular weight is 236 g/mol. The fourth-order valence-electron chi connectivity index (χ4n) is 0.722. The molecule has 0 bridgehead atoms. The molecule has 4 heteroatoms. The molecule has 0 atom stereocenters. The maximum atomic E-state index is 5.70. The van der Waals surface area contributed by atoms with Crippen molar-refractivity contribution in [1.29, 1.82) is 0 Å². The van der Waals surface area contributed by atoms with Gasteiger partial charge in [0, 0.05) is 6.54 Å². The molecule has 0 unspecified atom stereocenters. The topological polar surface area (TPSA) is 24.9 Å². The lowest BCUT2D eigenvalue weighted by molar-refractivity contribution is 1.19. The second-order valence-electron chi connectivity index (χ2n) is 2.03. The molecule has 60 valence electrons. The molecule has 0 aliphatic carbocycles. The third-order valence-electron chi connectivity index (χ3n) is 1.18. The third-order valence-corrected chi connectivity index (χ3v) is 2.31. The van der Waals surface area contributed by atoms with Gasteiger partial charge in [0.2, 0.25) is 0 Å². The Morgan fingerprint density at radius 2 is 2.45 bits per heavy atom. The van der Waals surface area contributed by atoms with Crippen LogP contribution in [0.15, 0.2) is 16.7 Å². The fraction of sp³-hybridized carbons (Fsp3) is 0.286. The van der Waals surface area contributed by atoms with Crippen molar-refractivity contribution < 1.29 is 0 Å². The van der Waals surface area contributed by atoms with E-state index < -0.39 is 0 Å². The zero-order chi connectivity index (χ0) is 8.27. The van der Waals surface area contributed by atoms with Gasteiger partial charge in [-0.1, -0.05) is 11.6 Å². The Kier molecular flexibility index (Phi) is 3.15. The molecule has 0 aliphatic heterocycles. The summed E-state index contributed by atoms with van der Waals surface area (Å²) in [5, 5.41) is 3.62. The number of pyridine rings is 1. The summed E-state index contributed by atoms with van der Waals surface area (Å²) < 4.78 is 0.817. The Labute approximate surface area is 79.1 Å². The standard InChI is InChI=1S/C7H8BrClN2/c1-2-10-5-3-6(8)7(9)11-4-5/h3-4,10H,2H2,1H3. The largest absolute Gasteiger partial charge is 0.384 e. The second-order valence-corrected chi connectivity index (χ2v) is 3.24. The van der Waals surface area contributed by atoms with Crippen LogP contribution in [0.2, 0.25) is 5.15 Å². The first-order valence-corrected chi connectivity index (χ1v) is 4.46. The van der Waals surface area contributed by atoms with Crippen molar-refractivity contribution in [3.8, 4) is 0 Å². The van der Waals surface area contributed by atoms with E-state index >= 15 is 0 Å². The summed E-state index contributed by atoms with van der Waals surface area (Å²) in [5.74, 6) is 0. The summed E-state index contributed by atoms with van der Waals surface area (Å²) in [5.41, 5.74) is 0.976. The van der Waals surface area contributed by atoms with E-state index in [1.807, 2.05) is 13.0 Å². The minimum atomic E-state index is 0.492. The van der Waals surface area contributed by atoms with Gasteiger partial charge in [-0.3, -0.25) is 0 Å². The van der Waals surface area contributed by atoms with Crippen LogP contribution in [0, 0.1) is 0 Å². The predicted octanol–water partition coefficient (Wildman–Crippen LogP) is 2.93. The van der Waals surface area contributed by atoms with E-state index in [0.29, 0.717) is 5.15 Å². The van der Waals surface area contributed by atoms with Crippen molar-refractivity contribution in [2.75, 3.05) is 11.9 Å². The van der Waals surface area contributed by atoms with E-state index in [0.717, 1.165) is 16.7 Å². The number of hydrogen-bond acceptors (Lipinski definition) is 2. The molecule has 0 aliphatic rings. The van der Waals surface area contributed by atoms with Crippen LogP contribution in [0.3, 0.4) is 0 Å². The van der Waals surface area contributed by atoms with E-state index in [-0.39, 0.29) is 0 Å². The molecule has 1 aromatic heterocycles. The smallest absolute Gasteiger partial charge is 0.143 e. The Morgan fingerprint density at radius 1 is 1.73 bits per heavy atom. The lowest BCUT2D eigenvalue weighted by Crippen LogP contribution is -1.96. The van der Waals surface area contributed by atoms with Gasteiger partial charge in [-0.05, 0) is 28.9 Å². The van der Waals surface area contributed by atoms with Gasteiger partial charge >= 0.3 is 0 Å². The van der Waals surface area contributed by atoms with Gasteiger partial charge in [0.05, 0.1) is 16.4 Å². The molecular weight excluding hydrogens is 227 g/mol. The monoisotopic (exact) mass is 234 g/mol. The molecule has 0 radical (unpaired) electrons. The molecular formula is C7H8BrClN2. The van der Waals surface area contributed by atoms with Gasteiger partial charge in [0.1, 0.15) is 5.15 Å². The van der Waals surface area contributed by atoms with Crippen LogP contribution in [-0.4, -0.2) is 11.5 Å². The first kappa shape index (κ1) is 8.81. The summed E-state index contributed by atoms with van der Waals surface area (Å²) in [6.07, 6.45) is 1.70.